The van der Waals surface area contributed by atoms with Crippen molar-refractivity contribution < 1.29 is 37.0 Å². The van der Waals surface area contributed by atoms with Crippen LogP contribution in [0.15, 0.2) is 48.5 Å². The van der Waals surface area contributed by atoms with Crippen molar-refractivity contribution in [2.24, 2.45) is 5.92 Å². The molecule has 1 aliphatic rings. The van der Waals surface area contributed by atoms with Gasteiger partial charge in [-0.3, -0.25) is 0 Å². The second kappa shape index (κ2) is 14.3. The Kier molecular flexibility index (Phi) is 11.1. The monoisotopic (exact) mass is 579 g/mol. The molecule has 2 N–H and O–H groups in total. The summed E-state index contributed by atoms with van der Waals surface area (Å²) in [6, 6.07) is 13.2. The standard InChI is InChI=1S/C30H40F3N3O5/c1-29(2,3)41-28(38)34-16-17-36(27(37)35-24-13-9-8-12-23(24)30(31,32)33)19-22-14-15-25(26(18-22)39-4)40-20-21-10-6-5-7-11-21/h5-7,10-11,14-15,18,23-24H,8-9,12-13,16-17,19-20H2,1-4H3,(H,34,38)(H,35,37). The molecule has 1 saturated carbocycles. The zero-order chi connectivity index (χ0) is 30.0. The molecule has 0 saturated heterocycles. The number of nitrogens with zero attached hydrogens (tertiary/aromatic N) is 1. The zero-order valence-corrected chi connectivity index (χ0v) is 24.1. The third-order valence-electron chi connectivity index (χ3n) is 6.67. The first kappa shape index (κ1) is 31.9. The highest BCUT2D eigenvalue weighted by atomic mass is 19.4. The van der Waals surface area contributed by atoms with Crippen LogP contribution in [0.3, 0.4) is 0 Å². The number of methoxy groups -OCH3 is 1. The number of rotatable bonds is 10. The maximum absolute atomic E-state index is 13.7. The number of alkyl halides is 3. The molecule has 2 aromatic carbocycles. The Balaban J connectivity index is 1.73. The van der Waals surface area contributed by atoms with Gasteiger partial charge in [0.1, 0.15) is 12.2 Å². The first-order valence-corrected chi connectivity index (χ1v) is 13.8. The molecular formula is C30H40F3N3O5. The fourth-order valence-electron chi connectivity index (χ4n) is 4.69. The molecule has 0 spiro atoms. The summed E-state index contributed by atoms with van der Waals surface area (Å²) in [7, 11) is 1.50. The lowest BCUT2D eigenvalue weighted by atomic mass is 9.84. The Hall–Kier alpha value is -3.63. The normalized spacial score (nSPS) is 17.3. The molecule has 11 heteroatoms. The first-order valence-electron chi connectivity index (χ1n) is 13.8. The van der Waals surface area contributed by atoms with Crippen molar-refractivity contribution in [1.29, 1.82) is 0 Å². The van der Waals surface area contributed by atoms with Crippen molar-refractivity contribution in [3.8, 4) is 11.5 Å². The molecule has 0 aromatic heterocycles. The van der Waals surface area contributed by atoms with Gasteiger partial charge in [0.15, 0.2) is 11.5 Å². The lowest BCUT2D eigenvalue weighted by molar-refractivity contribution is -0.188. The number of carbonyl (C=O) groups excluding carboxylic acids is 2. The molecule has 226 valence electrons. The molecule has 2 unspecified atom stereocenters. The summed E-state index contributed by atoms with van der Waals surface area (Å²) < 4.78 is 57.6. The van der Waals surface area contributed by atoms with Crippen LogP contribution in [0.1, 0.15) is 57.6 Å². The number of urea groups is 1. The molecule has 8 nitrogen and oxygen atoms in total. The Morgan fingerprint density at radius 2 is 1.68 bits per heavy atom. The zero-order valence-electron chi connectivity index (χ0n) is 24.1. The maximum atomic E-state index is 13.7. The van der Waals surface area contributed by atoms with E-state index in [0.29, 0.717) is 36.5 Å². The molecule has 0 heterocycles. The van der Waals surface area contributed by atoms with Gasteiger partial charge in [0, 0.05) is 25.7 Å². The minimum absolute atomic E-state index is 0.0176. The molecule has 3 amide bonds. The Bertz CT molecular complexity index is 1140. The topological polar surface area (TPSA) is 89.1 Å². The van der Waals surface area contributed by atoms with Crippen LogP contribution in [0.25, 0.3) is 0 Å². The molecule has 0 radical (unpaired) electrons. The maximum Gasteiger partial charge on any atom is 0.407 e. The van der Waals surface area contributed by atoms with Gasteiger partial charge < -0.3 is 29.7 Å². The average molecular weight is 580 g/mol. The predicted molar refractivity (Wildman–Crippen MR) is 149 cm³/mol. The molecule has 3 rings (SSSR count). The summed E-state index contributed by atoms with van der Waals surface area (Å²) in [5.74, 6) is -0.629. The third kappa shape index (κ3) is 10.4. The number of hydrogen-bond acceptors (Lipinski definition) is 5. The van der Waals surface area contributed by atoms with Crippen molar-refractivity contribution in [3.63, 3.8) is 0 Å². The van der Waals surface area contributed by atoms with Crippen LogP contribution in [0.2, 0.25) is 0 Å². The molecule has 41 heavy (non-hydrogen) atoms. The summed E-state index contributed by atoms with van der Waals surface area (Å²) in [5, 5.41) is 5.22. The Labute approximate surface area is 239 Å². The van der Waals surface area contributed by atoms with Crippen LogP contribution in [0.4, 0.5) is 22.8 Å². The van der Waals surface area contributed by atoms with E-state index in [2.05, 4.69) is 10.6 Å². The number of alkyl carbamates (subject to hydrolysis) is 1. The number of benzene rings is 2. The number of nitrogens with one attached hydrogen (secondary N) is 2. The van der Waals surface area contributed by atoms with Crippen molar-refractivity contribution >= 4 is 12.1 Å². The van der Waals surface area contributed by atoms with Gasteiger partial charge in [-0.25, -0.2) is 9.59 Å². The molecule has 0 bridgehead atoms. The smallest absolute Gasteiger partial charge is 0.407 e. The van der Waals surface area contributed by atoms with Crippen LogP contribution >= 0.6 is 0 Å². The van der Waals surface area contributed by atoms with Crippen LogP contribution in [-0.4, -0.2) is 55.0 Å². The summed E-state index contributed by atoms with van der Waals surface area (Å²) in [6.07, 6.45) is -3.73. The largest absolute Gasteiger partial charge is 0.493 e. The van der Waals surface area contributed by atoms with Crippen molar-refractivity contribution in [2.75, 3.05) is 20.2 Å². The predicted octanol–water partition coefficient (Wildman–Crippen LogP) is 6.43. The van der Waals surface area contributed by atoms with Gasteiger partial charge in [-0.1, -0.05) is 49.2 Å². The van der Waals surface area contributed by atoms with E-state index in [9.17, 15) is 22.8 Å². The van der Waals surface area contributed by atoms with E-state index in [-0.39, 0.29) is 32.5 Å². The number of hydrogen-bond donors (Lipinski definition) is 2. The lowest BCUT2D eigenvalue weighted by Crippen LogP contribution is -2.52. The van der Waals surface area contributed by atoms with E-state index in [1.165, 1.54) is 12.0 Å². The van der Waals surface area contributed by atoms with Crippen molar-refractivity contribution in [3.05, 3.63) is 59.7 Å². The van der Waals surface area contributed by atoms with E-state index < -0.39 is 35.9 Å². The highest BCUT2D eigenvalue weighted by Crippen LogP contribution is 2.38. The molecule has 1 aliphatic carbocycles. The SMILES string of the molecule is COc1cc(CN(CCNC(=O)OC(C)(C)C)C(=O)NC2CCCCC2C(F)(F)F)ccc1OCc1ccccc1. The third-order valence-corrected chi connectivity index (χ3v) is 6.67. The fourth-order valence-corrected chi connectivity index (χ4v) is 4.69. The van der Waals surface area contributed by atoms with E-state index in [1.54, 1.807) is 39.0 Å². The second-order valence-electron chi connectivity index (χ2n) is 11.1. The Morgan fingerprint density at radius 3 is 2.34 bits per heavy atom. The van der Waals surface area contributed by atoms with E-state index in [1.807, 2.05) is 30.3 Å². The van der Waals surface area contributed by atoms with Gasteiger partial charge in [0.2, 0.25) is 0 Å². The molecule has 2 aromatic rings. The van der Waals surface area contributed by atoms with Gasteiger partial charge in [0.05, 0.1) is 13.0 Å². The van der Waals surface area contributed by atoms with Gasteiger partial charge in [0.25, 0.3) is 0 Å². The number of ether oxygens (including phenoxy) is 3. The Morgan fingerprint density at radius 1 is 0.976 bits per heavy atom. The quantitative estimate of drug-likeness (QED) is 0.339. The molecule has 0 aliphatic heterocycles. The fraction of sp³-hybridized carbons (Fsp3) is 0.533. The molecule has 1 fully saturated rings. The number of halogens is 3. The summed E-state index contributed by atoms with van der Waals surface area (Å²) in [5.41, 5.74) is 0.964. The van der Waals surface area contributed by atoms with Crippen LogP contribution < -0.4 is 20.1 Å². The lowest BCUT2D eigenvalue weighted by Gasteiger charge is -2.35. The number of amides is 3. The van der Waals surface area contributed by atoms with Crippen LogP contribution in [0.5, 0.6) is 11.5 Å². The van der Waals surface area contributed by atoms with Gasteiger partial charge in [-0.2, -0.15) is 13.2 Å². The van der Waals surface area contributed by atoms with Crippen LogP contribution in [-0.2, 0) is 17.9 Å². The summed E-state index contributed by atoms with van der Waals surface area (Å²) >= 11 is 0. The minimum atomic E-state index is -4.40. The van der Waals surface area contributed by atoms with Crippen LogP contribution in [0, 0.1) is 5.92 Å². The minimum Gasteiger partial charge on any atom is -0.493 e. The highest BCUT2D eigenvalue weighted by Gasteiger charge is 2.46. The first-order chi connectivity index (χ1) is 19.4. The van der Waals surface area contributed by atoms with Crippen molar-refractivity contribution in [2.45, 2.75) is 77.4 Å². The van der Waals surface area contributed by atoms with E-state index in [4.69, 9.17) is 14.2 Å². The number of carbonyl (C=O) groups is 2. The van der Waals surface area contributed by atoms with Gasteiger partial charge >= 0.3 is 18.3 Å². The summed E-state index contributed by atoms with van der Waals surface area (Å²) in [4.78, 5) is 26.8. The second-order valence-corrected chi connectivity index (χ2v) is 11.1. The van der Waals surface area contributed by atoms with Crippen molar-refractivity contribution in [1.82, 2.24) is 15.5 Å². The summed E-state index contributed by atoms with van der Waals surface area (Å²) in [6.45, 7) is 5.69. The molecule has 2 atom stereocenters. The molecular weight excluding hydrogens is 539 g/mol. The van der Waals surface area contributed by atoms with E-state index in [0.717, 1.165) is 5.56 Å². The highest BCUT2D eigenvalue weighted by molar-refractivity contribution is 5.75. The van der Waals surface area contributed by atoms with Gasteiger partial charge in [-0.15, -0.1) is 0 Å². The van der Waals surface area contributed by atoms with Gasteiger partial charge in [-0.05, 0) is 56.9 Å². The van der Waals surface area contributed by atoms with E-state index >= 15 is 0 Å². The average Bonchev–Trinajstić information content (AvgIpc) is 2.91.